The van der Waals surface area contributed by atoms with E-state index < -0.39 is 6.04 Å². The number of hydrogen-bond acceptors (Lipinski definition) is 3. The highest BCUT2D eigenvalue weighted by Crippen LogP contribution is 2.10. The van der Waals surface area contributed by atoms with Gasteiger partial charge in [-0.3, -0.25) is 9.59 Å². The second-order valence-corrected chi connectivity index (χ2v) is 5.95. The molecule has 0 saturated heterocycles. The molecule has 0 heterocycles. The highest BCUT2D eigenvalue weighted by atomic mass is 16.2. The molecule has 0 fully saturated rings. The summed E-state index contributed by atoms with van der Waals surface area (Å²) in [6.07, 6.45) is 2.29. The minimum atomic E-state index is -0.508. The Morgan fingerprint density at radius 1 is 1.04 bits per heavy atom. The predicted molar refractivity (Wildman–Crippen MR) is 100 cm³/mol. The molecule has 132 valence electrons. The van der Waals surface area contributed by atoms with Crippen molar-refractivity contribution < 1.29 is 9.59 Å². The van der Waals surface area contributed by atoms with E-state index in [1.165, 1.54) is 5.56 Å². The van der Waals surface area contributed by atoms with E-state index in [-0.39, 0.29) is 11.8 Å². The molecule has 5 heteroatoms. The molecule has 0 saturated carbocycles. The molecule has 0 radical (unpaired) electrons. The van der Waals surface area contributed by atoms with Crippen LogP contribution in [0.4, 0.5) is 5.69 Å². The van der Waals surface area contributed by atoms with Crippen molar-refractivity contribution in [3.05, 3.63) is 65.7 Å². The predicted octanol–water partition coefficient (Wildman–Crippen LogP) is 2.73. The molecule has 0 aromatic heterocycles. The molecule has 0 aliphatic heterocycles. The van der Waals surface area contributed by atoms with Crippen molar-refractivity contribution >= 4 is 17.5 Å². The Balaban J connectivity index is 1.82. The molecular formula is C20H25N3O2. The Labute approximate surface area is 148 Å². The number of carbonyl (C=O) groups is 2. The number of benzene rings is 2. The third-order valence-electron chi connectivity index (χ3n) is 3.89. The van der Waals surface area contributed by atoms with Crippen LogP contribution in [0.2, 0.25) is 0 Å². The van der Waals surface area contributed by atoms with Crippen molar-refractivity contribution in [3.63, 3.8) is 0 Å². The number of carbonyl (C=O) groups excluding carboxylic acids is 2. The molecule has 0 bridgehead atoms. The van der Waals surface area contributed by atoms with E-state index in [4.69, 9.17) is 5.73 Å². The molecule has 0 spiro atoms. The molecule has 4 N–H and O–H groups in total. The van der Waals surface area contributed by atoms with Crippen LogP contribution in [0.3, 0.4) is 0 Å². The molecule has 0 aliphatic carbocycles. The van der Waals surface area contributed by atoms with Crippen LogP contribution in [0, 0.1) is 0 Å². The summed E-state index contributed by atoms with van der Waals surface area (Å²) in [7, 11) is 0. The summed E-state index contributed by atoms with van der Waals surface area (Å²) in [6.45, 7) is 2.56. The van der Waals surface area contributed by atoms with Crippen LogP contribution in [0.15, 0.2) is 54.6 Å². The Morgan fingerprint density at radius 3 is 2.36 bits per heavy atom. The van der Waals surface area contributed by atoms with Crippen LogP contribution in [-0.4, -0.2) is 24.4 Å². The van der Waals surface area contributed by atoms with Crippen LogP contribution in [0.1, 0.15) is 35.7 Å². The molecule has 2 amide bonds. The lowest BCUT2D eigenvalue weighted by Gasteiger charge is -2.11. The monoisotopic (exact) mass is 339 g/mol. The zero-order chi connectivity index (χ0) is 18.1. The Hall–Kier alpha value is -2.66. The van der Waals surface area contributed by atoms with Crippen molar-refractivity contribution in [3.8, 4) is 0 Å². The molecule has 1 unspecified atom stereocenters. The number of anilines is 1. The van der Waals surface area contributed by atoms with Crippen molar-refractivity contribution in [2.45, 2.75) is 32.2 Å². The lowest BCUT2D eigenvalue weighted by Crippen LogP contribution is -2.35. The van der Waals surface area contributed by atoms with Gasteiger partial charge in [-0.25, -0.2) is 0 Å². The van der Waals surface area contributed by atoms with Gasteiger partial charge >= 0.3 is 0 Å². The Bertz CT molecular complexity index is 684. The molecule has 0 aliphatic rings. The Morgan fingerprint density at radius 2 is 1.72 bits per heavy atom. The highest BCUT2D eigenvalue weighted by Gasteiger charge is 2.12. The summed E-state index contributed by atoms with van der Waals surface area (Å²) >= 11 is 0. The lowest BCUT2D eigenvalue weighted by molar-refractivity contribution is -0.117. The topological polar surface area (TPSA) is 84.2 Å². The second-order valence-electron chi connectivity index (χ2n) is 5.95. The van der Waals surface area contributed by atoms with Gasteiger partial charge in [-0.15, -0.1) is 0 Å². The van der Waals surface area contributed by atoms with Crippen LogP contribution in [0.25, 0.3) is 0 Å². The van der Waals surface area contributed by atoms with Crippen LogP contribution >= 0.6 is 0 Å². The largest absolute Gasteiger partial charge is 0.352 e. The van der Waals surface area contributed by atoms with Gasteiger partial charge in [0.15, 0.2) is 0 Å². The van der Waals surface area contributed by atoms with Crippen molar-refractivity contribution in [1.29, 1.82) is 0 Å². The summed E-state index contributed by atoms with van der Waals surface area (Å²) in [5.41, 5.74) is 8.16. The van der Waals surface area contributed by atoms with Gasteiger partial charge in [-0.2, -0.15) is 0 Å². The van der Waals surface area contributed by atoms with E-state index in [0.717, 1.165) is 12.8 Å². The number of nitrogens with two attached hydrogens (primary N) is 1. The van der Waals surface area contributed by atoms with E-state index >= 15 is 0 Å². The lowest BCUT2D eigenvalue weighted by atomic mass is 10.1. The third kappa shape index (κ3) is 6.04. The van der Waals surface area contributed by atoms with E-state index in [0.29, 0.717) is 24.2 Å². The normalized spacial score (nSPS) is 11.6. The zero-order valence-electron chi connectivity index (χ0n) is 14.5. The van der Waals surface area contributed by atoms with E-state index in [1.807, 2.05) is 37.3 Å². The molecule has 1 atom stereocenters. The summed E-state index contributed by atoms with van der Waals surface area (Å²) < 4.78 is 0. The summed E-state index contributed by atoms with van der Waals surface area (Å²) in [4.78, 5) is 24.0. The maximum absolute atomic E-state index is 12.1. The zero-order valence-corrected chi connectivity index (χ0v) is 14.5. The highest BCUT2D eigenvalue weighted by molar-refractivity contribution is 5.97. The fourth-order valence-electron chi connectivity index (χ4n) is 2.45. The first-order valence-corrected chi connectivity index (χ1v) is 8.58. The minimum Gasteiger partial charge on any atom is -0.352 e. The van der Waals surface area contributed by atoms with Gasteiger partial charge < -0.3 is 16.4 Å². The summed E-state index contributed by atoms with van der Waals surface area (Å²) in [5.74, 6) is -0.335. The fourth-order valence-corrected chi connectivity index (χ4v) is 2.45. The summed E-state index contributed by atoms with van der Waals surface area (Å²) in [6, 6.07) is 16.3. The standard InChI is InChI=1S/C20H25N3O2/c1-2-6-18(21)20(25)23-17-11-9-16(10-12-17)19(24)22-14-13-15-7-4-3-5-8-15/h3-5,7-12,18H,2,6,13-14,21H2,1H3,(H,22,24)(H,23,25). The van der Waals surface area contributed by atoms with Gasteiger partial charge in [-0.05, 0) is 42.7 Å². The number of hydrogen-bond donors (Lipinski definition) is 3. The molecular weight excluding hydrogens is 314 g/mol. The number of amides is 2. The average molecular weight is 339 g/mol. The maximum atomic E-state index is 12.1. The Kier molecular flexibility index (Phi) is 7.16. The molecule has 2 rings (SSSR count). The molecule has 2 aromatic rings. The molecule has 5 nitrogen and oxygen atoms in total. The second kappa shape index (κ2) is 9.59. The quantitative estimate of drug-likeness (QED) is 0.691. The van der Waals surface area contributed by atoms with Gasteiger partial charge in [0, 0.05) is 17.8 Å². The molecule has 2 aromatic carbocycles. The smallest absolute Gasteiger partial charge is 0.251 e. The van der Waals surface area contributed by atoms with Crippen molar-refractivity contribution in [2.75, 3.05) is 11.9 Å². The minimum absolute atomic E-state index is 0.128. The average Bonchev–Trinajstić information content (AvgIpc) is 2.63. The van der Waals surface area contributed by atoms with Crippen molar-refractivity contribution in [2.24, 2.45) is 5.73 Å². The van der Waals surface area contributed by atoms with Gasteiger partial charge in [0.1, 0.15) is 0 Å². The van der Waals surface area contributed by atoms with E-state index in [9.17, 15) is 9.59 Å². The SMILES string of the molecule is CCCC(N)C(=O)Nc1ccc(C(=O)NCCc2ccccc2)cc1. The van der Waals surface area contributed by atoms with E-state index in [1.54, 1.807) is 24.3 Å². The number of rotatable bonds is 8. The van der Waals surface area contributed by atoms with Crippen molar-refractivity contribution in [1.82, 2.24) is 5.32 Å². The summed E-state index contributed by atoms with van der Waals surface area (Å²) in [5, 5.41) is 5.66. The van der Waals surface area contributed by atoms with Crippen LogP contribution < -0.4 is 16.4 Å². The first-order valence-electron chi connectivity index (χ1n) is 8.58. The first kappa shape index (κ1) is 18.7. The number of nitrogens with one attached hydrogen (secondary N) is 2. The van der Waals surface area contributed by atoms with E-state index in [2.05, 4.69) is 10.6 Å². The fraction of sp³-hybridized carbons (Fsp3) is 0.300. The first-order chi connectivity index (χ1) is 12.1. The molecule has 25 heavy (non-hydrogen) atoms. The van der Waals surface area contributed by atoms with Crippen LogP contribution in [0.5, 0.6) is 0 Å². The maximum Gasteiger partial charge on any atom is 0.251 e. The van der Waals surface area contributed by atoms with Crippen LogP contribution in [-0.2, 0) is 11.2 Å². The van der Waals surface area contributed by atoms with Gasteiger partial charge in [0.05, 0.1) is 6.04 Å². The third-order valence-corrected chi connectivity index (χ3v) is 3.89. The van der Waals surface area contributed by atoms with Gasteiger partial charge in [0.2, 0.25) is 5.91 Å². The van der Waals surface area contributed by atoms with Gasteiger partial charge in [0.25, 0.3) is 5.91 Å². The van der Waals surface area contributed by atoms with Gasteiger partial charge in [-0.1, -0.05) is 43.7 Å².